The summed E-state index contributed by atoms with van der Waals surface area (Å²) in [4.78, 5) is 25.9. The molecule has 0 saturated carbocycles. The van der Waals surface area contributed by atoms with Gasteiger partial charge in [-0.1, -0.05) is 55.8 Å². The molecular weight excluding hydrogens is 362 g/mol. The molecule has 3 rings (SSSR count). The Labute approximate surface area is 163 Å². The number of hydrogen-bond donors (Lipinski definition) is 2. The molecular formula is C21H23ClN3O2+. The predicted octanol–water partition coefficient (Wildman–Crippen LogP) is 2.89. The molecule has 1 aromatic heterocycles. The number of nitrogens with one attached hydrogen (secondary N) is 1. The lowest BCUT2D eigenvalue weighted by atomic mass is 10.0. The molecule has 0 atom stereocenters. The van der Waals surface area contributed by atoms with Crippen LogP contribution in [-0.2, 0) is 0 Å². The fourth-order valence-electron chi connectivity index (χ4n) is 2.93. The quantitative estimate of drug-likeness (QED) is 0.615. The molecule has 1 heterocycles. The lowest BCUT2D eigenvalue weighted by Crippen LogP contribution is -2.87. The third-order valence-electron chi connectivity index (χ3n) is 4.28. The van der Waals surface area contributed by atoms with E-state index in [4.69, 9.17) is 11.6 Å². The van der Waals surface area contributed by atoms with Gasteiger partial charge in [0.25, 0.3) is 5.56 Å². The van der Waals surface area contributed by atoms with Crippen LogP contribution in [0.4, 0.5) is 0 Å². The van der Waals surface area contributed by atoms with Gasteiger partial charge in [0.15, 0.2) is 0 Å². The standard InChI is InChI=1S/C21H22ClN3O2/c1-14(2)12-23-13-18(26)19-20(15-6-4-3-5-7-15)24-25(21(19)27)17-10-8-16(22)9-11-17/h3-11,14,23-24H,12-13H2,1-2H3/p+1. The van der Waals surface area contributed by atoms with E-state index in [1.807, 2.05) is 35.6 Å². The van der Waals surface area contributed by atoms with E-state index in [0.717, 1.165) is 12.1 Å². The maximum Gasteiger partial charge on any atom is 0.283 e. The highest BCUT2D eigenvalue weighted by Crippen LogP contribution is 2.21. The van der Waals surface area contributed by atoms with Crippen LogP contribution < -0.4 is 10.9 Å². The molecule has 0 fully saturated rings. The molecule has 140 valence electrons. The minimum atomic E-state index is -0.348. The molecule has 0 aliphatic rings. The number of nitrogens with zero attached hydrogens (tertiary/aromatic N) is 1. The molecule has 0 unspecified atom stereocenters. The second kappa shape index (κ2) is 8.37. The Morgan fingerprint density at radius 3 is 2.41 bits per heavy atom. The van der Waals surface area contributed by atoms with Crippen molar-refractivity contribution in [2.45, 2.75) is 13.8 Å². The highest BCUT2D eigenvalue weighted by atomic mass is 35.5. The zero-order valence-electron chi connectivity index (χ0n) is 15.4. The summed E-state index contributed by atoms with van der Waals surface area (Å²) in [5, 5.41) is 5.64. The van der Waals surface area contributed by atoms with E-state index in [1.54, 1.807) is 24.3 Å². The van der Waals surface area contributed by atoms with Crippen LogP contribution in [-0.4, -0.2) is 28.7 Å². The Balaban J connectivity index is 2.05. The van der Waals surface area contributed by atoms with Crippen molar-refractivity contribution in [2.75, 3.05) is 13.1 Å². The molecule has 3 N–H and O–H groups in total. The van der Waals surface area contributed by atoms with Gasteiger partial charge in [-0.3, -0.25) is 14.7 Å². The van der Waals surface area contributed by atoms with Crippen LogP contribution in [0.25, 0.3) is 16.9 Å². The summed E-state index contributed by atoms with van der Waals surface area (Å²) >= 11 is 5.95. The van der Waals surface area contributed by atoms with Crippen molar-refractivity contribution < 1.29 is 10.1 Å². The van der Waals surface area contributed by atoms with Crippen LogP contribution in [0.15, 0.2) is 59.4 Å². The number of H-pyrrole nitrogens is 1. The number of aromatic nitrogens is 2. The van der Waals surface area contributed by atoms with Gasteiger partial charge in [-0.05, 0) is 24.3 Å². The van der Waals surface area contributed by atoms with Crippen molar-refractivity contribution in [3.05, 3.63) is 75.5 Å². The van der Waals surface area contributed by atoms with Gasteiger partial charge in [0.05, 0.1) is 17.9 Å². The normalized spacial score (nSPS) is 11.1. The van der Waals surface area contributed by atoms with Crippen LogP contribution in [0.5, 0.6) is 0 Å². The van der Waals surface area contributed by atoms with Gasteiger partial charge in [0, 0.05) is 16.5 Å². The van der Waals surface area contributed by atoms with Crippen molar-refractivity contribution in [1.82, 2.24) is 9.78 Å². The van der Waals surface area contributed by atoms with Crippen LogP contribution in [0.3, 0.4) is 0 Å². The minimum Gasteiger partial charge on any atom is -0.340 e. The summed E-state index contributed by atoms with van der Waals surface area (Å²) in [5.74, 6) is 0.298. The largest absolute Gasteiger partial charge is 0.340 e. The number of nitrogens with two attached hydrogens (primary N) is 1. The minimum absolute atomic E-state index is 0.177. The smallest absolute Gasteiger partial charge is 0.283 e. The molecule has 0 saturated heterocycles. The zero-order valence-corrected chi connectivity index (χ0v) is 16.2. The summed E-state index contributed by atoms with van der Waals surface area (Å²) in [7, 11) is 0. The SMILES string of the molecule is CC(C)C[NH2+]CC(=O)c1c(-c2ccccc2)[nH]n(-c2ccc(Cl)cc2)c1=O. The third kappa shape index (κ3) is 4.38. The average Bonchev–Trinajstić information content (AvgIpc) is 3.00. The lowest BCUT2D eigenvalue weighted by molar-refractivity contribution is -0.647. The van der Waals surface area contributed by atoms with Crippen molar-refractivity contribution in [1.29, 1.82) is 0 Å². The van der Waals surface area contributed by atoms with E-state index in [-0.39, 0.29) is 23.5 Å². The van der Waals surface area contributed by atoms with Crippen LogP contribution in [0.1, 0.15) is 24.2 Å². The Hall–Kier alpha value is -2.63. The van der Waals surface area contributed by atoms with Crippen LogP contribution in [0, 0.1) is 5.92 Å². The number of carbonyl (C=O) groups excluding carboxylic acids is 1. The maximum absolute atomic E-state index is 13.1. The summed E-state index contributed by atoms with van der Waals surface area (Å²) in [5.41, 5.74) is 1.81. The number of rotatable bonds is 7. The molecule has 5 nitrogen and oxygen atoms in total. The first-order chi connectivity index (χ1) is 13.0. The molecule has 0 radical (unpaired) electrons. The van der Waals surface area contributed by atoms with E-state index in [9.17, 15) is 9.59 Å². The number of halogens is 1. The zero-order chi connectivity index (χ0) is 19.4. The summed E-state index contributed by atoms with van der Waals surface area (Å²) in [6.45, 7) is 5.27. The molecule has 0 bridgehead atoms. The fraction of sp³-hybridized carbons (Fsp3) is 0.238. The number of benzene rings is 2. The molecule has 0 aliphatic heterocycles. The van der Waals surface area contributed by atoms with Gasteiger partial charge in [0.1, 0.15) is 12.1 Å². The first-order valence-corrected chi connectivity index (χ1v) is 9.36. The maximum atomic E-state index is 13.1. The molecule has 0 spiro atoms. The van der Waals surface area contributed by atoms with E-state index in [2.05, 4.69) is 18.9 Å². The molecule has 0 aliphatic carbocycles. The Kier molecular flexibility index (Phi) is 5.94. The van der Waals surface area contributed by atoms with Gasteiger partial charge in [0.2, 0.25) is 5.78 Å². The fourth-order valence-corrected chi connectivity index (χ4v) is 3.06. The van der Waals surface area contributed by atoms with Crippen molar-refractivity contribution in [2.24, 2.45) is 5.92 Å². The Morgan fingerprint density at radius 1 is 1.11 bits per heavy atom. The molecule has 27 heavy (non-hydrogen) atoms. The first kappa shape index (κ1) is 19.1. The first-order valence-electron chi connectivity index (χ1n) is 8.98. The molecule has 3 aromatic rings. The Morgan fingerprint density at radius 2 is 1.78 bits per heavy atom. The monoisotopic (exact) mass is 384 g/mol. The molecule has 2 aromatic carbocycles. The highest BCUT2D eigenvalue weighted by Gasteiger charge is 2.23. The van der Waals surface area contributed by atoms with Gasteiger partial charge in [-0.15, -0.1) is 0 Å². The molecule has 0 amide bonds. The number of quaternary nitrogens is 1. The van der Waals surface area contributed by atoms with Crippen molar-refractivity contribution in [3.8, 4) is 16.9 Å². The third-order valence-corrected chi connectivity index (χ3v) is 4.54. The number of ketones is 1. The van der Waals surface area contributed by atoms with E-state index < -0.39 is 0 Å². The number of carbonyl (C=O) groups is 1. The van der Waals surface area contributed by atoms with Gasteiger partial charge >= 0.3 is 0 Å². The Bertz CT molecular complexity index is 973. The van der Waals surface area contributed by atoms with E-state index in [1.165, 1.54) is 4.68 Å². The van der Waals surface area contributed by atoms with Crippen molar-refractivity contribution in [3.63, 3.8) is 0 Å². The molecule has 6 heteroatoms. The van der Waals surface area contributed by atoms with E-state index in [0.29, 0.717) is 22.3 Å². The van der Waals surface area contributed by atoms with Crippen LogP contribution >= 0.6 is 11.6 Å². The van der Waals surface area contributed by atoms with E-state index >= 15 is 0 Å². The van der Waals surface area contributed by atoms with Gasteiger partial charge in [-0.25, -0.2) is 4.68 Å². The summed E-state index contributed by atoms with van der Waals surface area (Å²) < 4.78 is 1.40. The topological polar surface area (TPSA) is 71.5 Å². The lowest BCUT2D eigenvalue weighted by Gasteiger charge is -2.04. The number of hydrogen-bond acceptors (Lipinski definition) is 2. The average molecular weight is 385 g/mol. The predicted molar refractivity (Wildman–Crippen MR) is 108 cm³/mol. The van der Waals surface area contributed by atoms with Crippen LogP contribution in [0.2, 0.25) is 5.02 Å². The number of Topliss-reactive ketones (excluding diaryl/α,β-unsaturated/α-hetero) is 1. The number of aromatic amines is 1. The van der Waals surface area contributed by atoms with Gasteiger partial charge in [-0.2, -0.15) is 0 Å². The summed E-state index contributed by atoms with van der Waals surface area (Å²) in [6, 6.07) is 16.3. The highest BCUT2D eigenvalue weighted by molar-refractivity contribution is 6.30. The van der Waals surface area contributed by atoms with Gasteiger partial charge < -0.3 is 5.32 Å². The second-order valence-electron chi connectivity index (χ2n) is 6.89. The second-order valence-corrected chi connectivity index (χ2v) is 7.33. The summed E-state index contributed by atoms with van der Waals surface area (Å²) in [6.07, 6.45) is 0. The van der Waals surface area contributed by atoms with Crippen molar-refractivity contribution >= 4 is 17.4 Å².